The number of pyridine rings is 1. The number of nitrogen functional groups attached to an aromatic ring is 1. The van der Waals surface area contributed by atoms with Gasteiger partial charge in [0.05, 0.1) is 5.52 Å². The van der Waals surface area contributed by atoms with E-state index in [2.05, 4.69) is 5.32 Å². The van der Waals surface area contributed by atoms with Crippen molar-refractivity contribution in [3.05, 3.63) is 40.1 Å². The van der Waals surface area contributed by atoms with Crippen molar-refractivity contribution in [3.8, 4) is 0 Å². The van der Waals surface area contributed by atoms with Crippen molar-refractivity contribution in [1.82, 2.24) is 9.88 Å². The summed E-state index contributed by atoms with van der Waals surface area (Å²) in [5.41, 5.74) is 6.60. The minimum absolute atomic E-state index is 0.0652. The smallest absolute Gasteiger partial charge is 0.259 e. The Morgan fingerprint density at radius 2 is 1.83 bits per heavy atom. The molecule has 0 bridgehead atoms. The predicted octanol–water partition coefficient (Wildman–Crippen LogP) is 2.57. The monoisotopic (exact) mass is 313 g/mol. The third-order valence-corrected chi connectivity index (χ3v) is 4.77. The Kier molecular flexibility index (Phi) is 4.37. The first-order valence-corrected chi connectivity index (χ1v) is 8.27. The molecule has 0 spiro atoms. The zero-order valence-electron chi connectivity index (χ0n) is 13.5. The van der Waals surface area contributed by atoms with Crippen LogP contribution in [0.15, 0.2) is 29.1 Å². The number of nitrogens with zero attached hydrogens (tertiary/aromatic N) is 1. The summed E-state index contributed by atoms with van der Waals surface area (Å²) in [6.45, 7) is 0. The molecule has 0 atom stereocenters. The lowest BCUT2D eigenvalue weighted by Crippen LogP contribution is -2.38. The zero-order chi connectivity index (χ0) is 16.4. The lowest BCUT2D eigenvalue weighted by atomic mass is 10.1. The fourth-order valence-electron chi connectivity index (χ4n) is 3.41. The molecule has 0 unspecified atom stereocenters. The number of aromatic nitrogens is 1. The SMILES string of the molecule is Cn1c(N)c(C(=O)NC2CCCCCC2)c(=O)c2ccccc21. The maximum atomic E-state index is 12.7. The number of amides is 1. The third kappa shape index (κ3) is 2.96. The number of rotatable bonds is 2. The highest BCUT2D eigenvalue weighted by Gasteiger charge is 2.22. The number of benzene rings is 1. The van der Waals surface area contributed by atoms with Gasteiger partial charge in [0.1, 0.15) is 11.4 Å². The van der Waals surface area contributed by atoms with Gasteiger partial charge in [0.15, 0.2) is 0 Å². The van der Waals surface area contributed by atoms with E-state index in [-0.39, 0.29) is 28.8 Å². The second-order valence-electron chi connectivity index (χ2n) is 6.33. The van der Waals surface area contributed by atoms with E-state index in [9.17, 15) is 9.59 Å². The number of para-hydroxylation sites is 1. The number of fused-ring (bicyclic) bond motifs is 1. The Hall–Kier alpha value is -2.30. The lowest BCUT2D eigenvalue weighted by Gasteiger charge is -2.18. The summed E-state index contributed by atoms with van der Waals surface area (Å²) in [7, 11) is 1.78. The summed E-state index contributed by atoms with van der Waals surface area (Å²) in [6.07, 6.45) is 6.61. The second-order valence-corrected chi connectivity index (χ2v) is 6.33. The number of nitrogens with one attached hydrogen (secondary N) is 1. The van der Waals surface area contributed by atoms with Crippen molar-refractivity contribution < 1.29 is 4.79 Å². The minimum Gasteiger partial charge on any atom is -0.384 e. The number of nitrogens with two attached hydrogens (primary N) is 1. The van der Waals surface area contributed by atoms with Crippen LogP contribution in [0.1, 0.15) is 48.9 Å². The molecule has 1 aliphatic rings. The fraction of sp³-hybridized carbons (Fsp3) is 0.444. The molecule has 0 aliphatic heterocycles. The van der Waals surface area contributed by atoms with Gasteiger partial charge in [-0.3, -0.25) is 9.59 Å². The molecule has 1 fully saturated rings. The number of carbonyl (C=O) groups excluding carboxylic acids is 1. The maximum Gasteiger partial charge on any atom is 0.259 e. The quantitative estimate of drug-likeness (QED) is 0.837. The van der Waals surface area contributed by atoms with E-state index >= 15 is 0 Å². The van der Waals surface area contributed by atoms with Crippen LogP contribution >= 0.6 is 0 Å². The van der Waals surface area contributed by atoms with E-state index in [1.807, 2.05) is 12.1 Å². The van der Waals surface area contributed by atoms with E-state index in [0.29, 0.717) is 5.39 Å². The molecular formula is C18H23N3O2. The summed E-state index contributed by atoms with van der Waals surface area (Å²) >= 11 is 0. The van der Waals surface area contributed by atoms with Crippen molar-refractivity contribution in [2.75, 3.05) is 5.73 Å². The van der Waals surface area contributed by atoms with Crippen molar-refractivity contribution in [2.45, 2.75) is 44.6 Å². The minimum atomic E-state index is -0.347. The molecule has 1 heterocycles. The molecule has 1 aromatic carbocycles. The Bertz CT molecular complexity index is 787. The first kappa shape index (κ1) is 15.6. The van der Waals surface area contributed by atoms with Crippen molar-refractivity contribution in [1.29, 1.82) is 0 Å². The summed E-state index contributed by atoms with van der Waals surface area (Å²) in [5, 5.41) is 3.54. The van der Waals surface area contributed by atoms with Gasteiger partial charge < -0.3 is 15.6 Å². The van der Waals surface area contributed by atoms with Crippen molar-refractivity contribution in [3.63, 3.8) is 0 Å². The van der Waals surface area contributed by atoms with Gasteiger partial charge in [0.25, 0.3) is 5.91 Å². The number of hydrogen-bond acceptors (Lipinski definition) is 3. The molecule has 0 saturated heterocycles. The van der Waals surface area contributed by atoms with Crippen LogP contribution in [-0.2, 0) is 7.05 Å². The van der Waals surface area contributed by atoms with Crippen LogP contribution in [0.5, 0.6) is 0 Å². The molecule has 5 nitrogen and oxygen atoms in total. The number of aryl methyl sites for hydroxylation is 1. The van der Waals surface area contributed by atoms with Gasteiger partial charge in [-0.15, -0.1) is 0 Å². The van der Waals surface area contributed by atoms with Crippen LogP contribution < -0.4 is 16.5 Å². The van der Waals surface area contributed by atoms with Gasteiger partial charge in [-0.25, -0.2) is 0 Å². The van der Waals surface area contributed by atoms with Gasteiger partial charge in [-0.2, -0.15) is 0 Å². The van der Waals surface area contributed by atoms with E-state index in [1.165, 1.54) is 12.8 Å². The third-order valence-electron chi connectivity index (χ3n) is 4.77. The van der Waals surface area contributed by atoms with Crippen LogP contribution in [-0.4, -0.2) is 16.5 Å². The van der Waals surface area contributed by atoms with E-state index in [1.54, 1.807) is 23.7 Å². The molecule has 2 aromatic rings. The molecule has 122 valence electrons. The van der Waals surface area contributed by atoms with E-state index in [4.69, 9.17) is 5.73 Å². The predicted molar refractivity (Wildman–Crippen MR) is 92.6 cm³/mol. The Balaban J connectivity index is 1.98. The Labute approximate surface area is 135 Å². The first-order valence-electron chi connectivity index (χ1n) is 8.27. The maximum absolute atomic E-state index is 12.7. The fourth-order valence-corrected chi connectivity index (χ4v) is 3.41. The average molecular weight is 313 g/mol. The topological polar surface area (TPSA) is 77.1 Å². The number of carbonyl (C=O) groups is 1. The molecule has 1 aliphatic carbocycles. The van der Waals surface area contributed by atoms with Gasteiger partial charge >= 0.3 is 0 Å². The number of anilines is 1. The normalized spacial score (nSPS) is 16.2. The molecule has 3 rings (SSSR count). The van der Waals surface area contributed by atoms with Crippen molar-refractivity contribution in [2.24, 2.45) is 7.05 Å². The van der Waals surface area contributed by atoms with Crippen LogP contribution in [0.4, 0.5) is 5.82 Å². The molecule has 1 amide bonds. The van der Waals surface area contributed by atoms with Crippen LogP contribution in [0.3, 0.4) is 0 Å². The molecule has 1 saturated carbocycles. The van der Waals surface area contributed by atoms with Crippen LogP contribution in [0.25, 0.3) is 10.9 Å². The average Bonchev–Trinajstić information content (AvgIpc) is 2.81. The highest BCUT2D eigenvalue weighted by Crippen LogP contribution is 2.19. The molecular weight excluding hydrogens is 290 g/mol. The summed E-state index contributed by atoms with van der Waals surface area (Å²) < 4.78 is 1.71. The molecule has 3 N–H and O–H groups in total. The highest BCUT2D eigenvalue weighted by molar-refractivity contribution is 6.02. The van der Waals surface area contributed by atoms with Gasteiger partial charge in [0.2, 0.25) is 5.43 Å². The molecule has 1 aromatic heterocycles. The molecule has 23 heavy (non-hydrogen) atoms. The van der Waals surface area contributed by atoms with Gasteiger partial charge in [0, 0.05) is 18.5 Å². The van der Waals surface area contributed by atoms with Crippen LogP contribution in [0, 0.1) is 0 Å². The van der Waals surface area contributed by atoms with Crippen LogP contribution in [0.2, 0.25) is 0 Å². The lowest BCUT2D eigenvalue weighted by molar-refractivity contribution is 0.0933. The van der Waals surface area contributed by atoms with Gasteiger partial charge in [-0.05, 0) is 25.0 Å². The first-order chi connectivity index (χ1) is 11.1. The van der Waals surface area contributed by atoms with E-state index in [0.717, 1.165) is 31.2 Å². The highest BCUT2D eigenvalue weighted by atomic mass is 16.2. The Morgan fingerprint density at radius 3 is 2.52 bits per heavy atom. The summed E-state index contributed by atoms with van der Waals surface area (Å²) in [4.78, 5) is 25.4. The summed E-state index contributed by atoms with van der Waals surface area (Å²) in [5.74, 6) is -0.124. The largest absolute Gasteiger partial charge is 0.384 e. The van der Waals surface area contributed by atoms with Crippen molar-refractivity contribution >= 4 is 22.6 Å². The summed E-state index contributed by atoms with van der Waals surface area (Å²) in [6, 6.07) is 7.36. The van der Waals surface area contributed by atoms with Gasteiger partial charge in [-0.1, -0.05) is 37.8 Å². The van der Waals surface area contributed by atoms with E-state index < -0.39 is 0 Å². The molecule has 5 heteroatoms. The number of hydrogen-bond donors (Lipinski definition) is 2. The standard InChI is InChI=1S/C18H23N3O2/c1-21-14-11-7-6-10-13(14)16(22)15(17(21)19)18(23)20-12-8-4-2-3-5-9-12/h6-7,10-12H,2-5,8-9,19H2,1H3,(H,20,23). The second kappa shape index (κ2) is 6.44. The zero-order valence-corrected chi connectivity index (χ0v) is 13.5. The molecule has 0 radical (unpaired) electrons. The Morgan fingerprint density at radius 1 is 1.17 bits per heavy atom.